The van der Waals surface area contributed by atoms with Gasteiger partial charge in [-0.15, -0.1) is 6.42 Å². The second-order valence-corrected chi connectivity index (χ2v) is 11.4. The molecule has 0 spiro atoms. The molecule has 0 saturated carbocycles. The molecular formula is C45H32. The fourth-order valence-electron chi connectivity index (χ4n) is 5.43. The average molecular weight is 573 g/mol. The van der Waals surface area contributed by atoms with Crippen molar-refractivity contribution in [1.29, 1.82) is 0 Å². The van der Waals surface area contributed by atoms with Crippen LogP contribution in [-0.4, -0.2) is 0 Å². The van der Waals surface area contributed by atoms with E-state index in [1.165, 1.54) is 22.3 Å². The molecule has 0 radical (unpaired) electrons. The zero-order valence-electron chi connectivity index (χ0n) is 25.8. The molecule has 0 amide bonds. The van der Waals surface area contributed by atoms with Crippen molar-refractivity contribution in [2.45, 2.75) is 20.8 Å². The fraction of sp³-hybridized carbons (Fsp3) is 0.0667. The zero-order chi connectivity index (χ0) is 31.2. The average Bonchev–Trinajstić information content (AvgIpc) is 3.06. The van der Waals surface area contributed by atoms with Gasteiger partial charge in [0.25, 0.3) is 0 Å². The van der Waals surface area contributed by atoms with Gasteiger partial charge in [0.15, 0.2) is 0 Å². The first-order valence-corrected chi connectivity index (χ1v) is 15.0. The molecule has 45 heavy (non-hydrogen) atoms. The summed E-state index contributed by atoms with van der Waals surface area (Å²) in [5.41, 5.74) is 14.9. The Kier molecular flexibility index (Phi) is 8.47. The van der Waals surface area contributed by atoms with E-state index in [-0.39, 0.29) is 0 Å². The smallest absolute Gasteiger partial charge is 0.0267 e. The van der Waals surface area contributed by atoms with Gasteiger partial charge in [0, 0.05) is 27.8 Å². The summed E-state index contributed by atoms with van der Waals surface area (Å²) >= 11 is 0. The van der Waals surface area contributed by atoms with Crippen LogP contribution in [0.25, 0.3) is 33.4 Å². The summed E-state index contributed by atoms with van der Waals surface area (Å²) in [5, 5.41) is 0. The molecule has 0 nitrogen and oxygen atoms in total. The van der Waals surface area contributed by atoms with E-state index in [0.29, 0.717) is 0 Å². The third-order valence-electron chi connectivity index (χ3n) is 7.65. The quantitative estimate of drug-likeness (QED) is 0.185. The van der Waals surface area contributed by atoms with Crippen LogP contribution in [-0.2, 0) is 0 Å². The highest BCUT2D eigenvalue weighted by atomic mass is 14.1. The maximum atomic E-state index is 5.84. The second-order valence-electron chi connectivity index (χ2n) is 11.4. The SMILES string of the molecule is C#Cc1cc(C#Cc2cc(C#Cc3cccc(-c4cccc(C)c4)c3)cc(-c3cccc(C)c3)c2)cc(-c2cccc(C)c2)c1. The van der Waals surface area contributed by atoms with Crippen LogP contribution in [0.5, 0.6) is 0 Å². The van der Waals surface area contributed by atoms with E-state index in [0.717, 1.165) is 55.6 Å². The molecule has 0 heteroatoms. The molecule has 0 aromatic heterocycles. The molecule has 0 bridgehead atoms. The van der Waals surface area contributed by atoms with Crippen molar-refractivity contribution < 1.29 is 0 Å². The molecule has 0 N–H and O–H groups in total. The van der Waals surface area contributed by atoms with E-state index in [1.54, 1.807) is 0 Å². The molecule has 6 aromatic carbocycles. The number of hydrogen-bond acceptors (Lipinski definition) is 0. The van der Waals surface area contributed by atoms with Gasteiger partial charge in [-0.2, -0.15) is 0 Å². The van der Waals surface area contributed by atoms with Crippen LogP contribution >= 0.6 is 0 Å². The summed E-state index contributed by atoms with van der Waals surface area (Å²) < 4.78 is 0. The number of benzene rings is 6. The van der Waals surface area contributed by atoms with Crippen LogP contribution in [0.1, 0.15) is 44.5 Å². The van der Waals surface area contributed by atoms with Gasteiger partial charge in [0.05, 0.1) is 0 Å². The van der Waals surface area contributed by atoms with Crippen LogP contribution in [0.4, 0.5) is 0 Å². The van der Waals surface area contributed by atoms with E-state index in [4.69, 9.17) is 6.42 Å². The Morgan fingerprint density at radius 1 is 0.333 bits per heavy atom. The van der Waals surface area contributed by atoms with Gasteiger partial charge < -0.3 is 0 Å². The molecular weight excluding hydrogens is 540 g/mol. The minimum absolute atomic E-state index is 0.811. The van der Waals surface area contributed by atoms with Gasteiger partial charge in [0.1, 0.15) is 0 Å². The van der Waals surface area contributed by atoms with Crippen LogP contribution in [0.3, 0.4) is 0 Å². The van der Waals surface area contributed by atoms with Gasteiger partial charge in [-0.05, 0) is 103 Å². The molecule has 0 aliphatic rings. The Bertz CT molecular complexity index is 2210. The third kappa shape index (κ3) is 7.32. The number of terminal acetylenes is 1. The minimum atomic E-state index is 0.811. The van der Waals surface area contributed by atoms with Crippen molar-refractivity contribution in [3.05, 3.63) is 178 Å². The highest BCUT2D eigenvalue weighted by Gasteiger charge is 2.05. The summed E-state index contributed by atoms with van der Waals surface area (Å²) in [7, 11) is 0. The highest BCUT2D eigenvalue weighted by molar-refractivity contribution is 5.71. The third-order valence-corrected chi connectivity index (χ3v) is 7.65. The van der Waals surface area contributed by atoms with Gasteiger partial charge in [-0.3, -0.25) is 0 Å². The lowest BCUT2D eigenvalue weighted by molar-refractivity contribution is 1.46. The zero-order valence-corrected chi connectivity index (χ0v) is 25.8. The van der Waals surface area contributed by atoms with Crippen LogP contribution in [0.15, 0.2) is 133 Å². The van der Waals surface area contributed by atoms with Crippen LogP contribution < -0.4 is 0 Å². The van der Waals surface area contributed by atoms with Crippen LogP contribution in [0, 0.1) is 56.8 Å². The van der Waals surface area contributed by atoms with E-state index in [1.807, 2.05) is 12.1 Å². The number of rotatable bonds is 3. The van der Waals surface area contributed by atoms with E-state index in [2.05, 4.69) is 172 Å². The predicted octanol–water partition coefficient (Wildman–Crippen LogP) is 10.4. The molecule has 0 atom stereocenters. The second kappa shape index (κ2) is 13.1. The van der Waals surface area contributed by atoms with Crippen molar-refractivity contribution in [1.82, 2.24) is 0 Å². The van der Waals surface area contributed by atoms with Crippen LogP contribution in [0.2, 0.25) is 0 Å². The van der Waals surface area contributed by atoms with Gasteiger partial charge in [0.2, 0.25) is 0 Å². The lowest BCUT2D eigenvalue weighted by Gasteiger charge is -2.06. The maximum Gasteiger partial charge on any atom is 0.0267 e. The first kappa shape index (κ1) is 29.1. The van der Waals surface area contributed by atoms with Crippen molar-refractivity contribution in [2.24, 2.45) is 0 Å². The number of aryl methyl sites for hydroxylation is 3. The minimum Gasteiger partial charge on any atom is -0.115 e. The molecule has 0 heterocycles. The fourth-order valence-corrected chi connectivity index (χ4v) is 5.43. The number of hydrogen-bond donors (Lipinski definition) is 0. The Balaban J connectivity index is 1.40. The predicted molar refractivity (Wildman–Crippen MR) is 190 cm³/mol. The molecule has 0 unspecified atom stereocenters. The summed E-state index contributed by atoms with van der Waals surface area (Å²) in [6.45, 7) is 6.32. The van der Waals surface area contributed by atoms with Gasteiger partial charge in [-0.25, -0.2) is 0 Å². The molecule has 0 saturated heterocycles. The highest BCUT2D eigenvalue weighted by Crippen LogP contribution is 2.26. The van der Waals surface area contributed by atoms with Crippen molar-refractivity contribution >= 4 is 0 Å². The molecule has 0 aliphatic carbocycles. The largest absolute Gasteiger partial charge is 0.115 e. The van der Waals surface area contributed by atoms with Gasteiger partial charge in [-0.1, -0.05) is 131 Å². The maximum absolute atomic E-state index is 5.84. The Labute approximate surface area is 267 Å². The van der Waals surface area contributed by atoms with E-state index < -0.39 is 0 Å². The normalized spacial score (nSPS) is 10.2. The Morgan fingerprint density at radius 2 is 0.667 bits per heavy atom. The lowest BCUT2D eigenvalue weighted by Crippen LogP contribution is -1.88. The Hall–Kier alpha value is -6.00. The topological polar surface area (TPSA) is 0 Å². The van der Waals surface area contributed by atoms with Crippen molar-refractivity contribution in [3.8, 4) is 69.4 Å². The van der Waals surface area contributed by atoms with E-state index in [9.17, 15) is 0 Å². The monoisotopic (exact) mass is 572 g/mol. The van der Waals surface area contributed by atoms with Crippen molar-refractivity contribution in [2.75, 3.05) is 0 Å². The summed E-state index contributed by atoms with van der Waals surface area (Å²) in [4.78, 5) is 0. The molecule has 6 rings (SSSR count). The molecule has 0 aliphatic heterocycles. The first-order chi connectivity index (χ1) is 21.9. The summed E-state index contributed by atoms with van der Waals surface area (Å²) in [6, 6.07) is 46.4. The standard InChI is InChI=1S/C45H32/c1-5-35-25-37(29-44(27-35)41-15-7-11-33(3)23-41)20-21-39-26-38(30-45(31-39)42-16-8-12-34(4)24-42)19-18-36-13-9-17-43(28-36)40-14-6-10-32(2)22-40/h1,6-17,22-31H,2-4H3. The first-order valence-electron chi connectivity index (χ1n) is 15.0. The molecule has 0 fully saturated rings. The molecule has 6 aromatic rings. The summed E-state index contributed by atoms with van der Waals surface area (Å²) in [6.07, 6.45) is 5.84. The van der Waals surface area contributed by atoms with Crippen molar-refractivity contribution in [3.63, 3.8) is 0 Å². The van der Waals surface area contributed by atoms with Gasteiger partial charge >= 0.3 is 0 Å². The summed E-state index contributed by atoms with van der Waals surface area (Å²) in [5.74, 6) is 16.4. The lowest BCUT2D eigenvalue weighted by atomic mass is 9.97. The van der Waals surface area contributed by atoms with E-state index >= 15 is 0 Å². The molecule has 212 valence electrons. The Morgan fingerprint density at radius 3 is 1.11 bits per heavy atom.